The van der Waals surface area contributed by atoms with Crippen LogP contribution in [0.3, 0.4) is 0 Å². The predicted octanol–water partition coefficient (Wildman–Crippen LogP) is 1.83. The predicted molar refractivity (Wildman–Crippen MR) is 39.5 cm³/mol. The van der Waals surface area contributed by atoms with Crippen molar-refractivity contribution in [2.45, 2.75) is 0 Å². The molecule has 0 aromatic heterocycles. The zero-order valence-corrected chi connectivity index (χ0v) is 6.36. The van der Waals surface area contributed by atoms with Crippen LogP contribution in [0.1, 0.15) is 0 Å². The van der Waals surface area contributed by atoms with E-state index in [0.717, 1.165) is 0 Å². The summed E-state index contributed by atoms with van der Waals surface area (Å²) in [6.45, 7) is 0. The number of hydrogen-bond acceptors (Lipinski definition) is 1. The van der Waals surface area contributed by atoms with Crippen LogP contribution in [0.5, 0.6) is 0 Å². The van der Waals surface area contributed by atoms with Gasteiger partial charge in [0.15, 0.2) is 5.82 Å². The highest BCUT2D eigenvalue weighted by molar-refractivity contribution is 5.46. The average molecular weight is 156 g/mol. The van der Waals surface area contributed by atoms with Crippen molar-refractivity contribution in [2.75, 3.05) is 19.0 Å². The Hall–Kier alpha value is -1.12. The summed E-state index contributed by atoms with van der Waals surface area (Å²) in [5.41, 5.74) is -0.0486. The lowest BCUT2D eigenvalue weighted by Crippen LogP contribution is -2.12. The number of rotatable bonds is 1. The third kappa shape index (κ3) is 1.48. The fraction of sp³-hybridized carbons (Fsp3) is 0.250. The largest absolute Gasteiger partial charge is 0.373 e. The van der Waals surface area contributed by atoms with Crippen LogP contribution in [0, 0.1) is 17.7 Å². The van der Waals surface area contributed by atoms with Gasteiger partial charge in [0.05, 0.1) is 0 Å². The number of anilines is 1. The summed E-state index contributed by atoms with van der Waals surface area (Å²) in [7, 11) is 3.16. The van der Waals surface area contributed by atoms with Crippen LogP contribution in [-0.2, 0) is 0 Å². The first-order chi connectivity index (χ1) is 5.13. The standard InChI is InChI=1S/C8H8F2N/c1-11(2)8-6(9)4-3-5-7(8)10/h3-4H,1-2H3. The van der Waals surface area contributed by atoms with Gasteiger partial charge in [0, 0.05) is 20.2 Å². The van der Waals surface area contributed by atoms with Crippen molar-refractivity contribution in [2.24, 2.45) is 0 Å². The molecule has 0 heterocycles. The van der Waals surface area contributed by atoms with E-state index in [0.29, 0.717) is 0 Å². The molecule has 11 heavy (non-hydrogen) atoms. The van der Waals surface area contributed by atoms with E-state index >= 15 is 0 Å². The van der Waals surface area contributed by atoms with Crippen molar-refractivity contribution in [3.8, 4) is 0 Å². The molecule has 0 fully saturated rings. The van der Waals surface area contributed by atoms with Crippen LogP contribution in [0.2, 0.25) is 0 Å². The van der Waals surface area contributed by atoms with E-state index < -0.39 is 11.6 Å². The van der Waals surface area contributed by atoms with Crippen LogP contribution in [0.4, 0.5) is 14.5 Å². The smallest absolute Gasteiger partial charge is 0.157 e. The Morgan fingerprint density at radius 2 is 2.00 bits per heavy atom. The van der Waals surface area contributed by atoms with Gasteiger partial charge in [-0.3, -0.25) is 0 Å². The van der Waals surface area contributed by atoms with Crippen molar-refractivity contribution in [1.82, 2.24) is 0 Å². The second-order valence-corrected chi connectivity index (χ2v) is 2.38. The summed E-state index contributed by atoms with van der Waals surface area (Å²) in [4.78, 5) is 1.38. The fourth-order valence-electron chi connectivity index (χ4n) is 0.850. The number of halogens is 2. The Morgan fingerprint density at radius 1 is 1.36 bits per heavy atom. The second kappa shape index (κ2) is 2.86. The van der Waals surface area contributed by atoms with Crippen LogP contribution < -0.4 is 4.90 Å². The number of nitrogens with zero attached hydrogens (tertiary/aromatic N) is 1. The van der Waals surface area contributed by atoms with Crippen molar-refractivity contribution in [1.29, 1.82) is 0 Å². The molecular weight excluding hydrogens is 148 g/mol. The summed E-state index contributed by atoms with van der Waals surface area (Å²) in [6.07, 6.45) is 0. The molecule has 0 bridgehead atoms. The van der Waals surface area contributed by atoms with E-state index in [1.165, 1.54) is 17.0 Å². The lowest BCUT2D eigenvalue weighted by Gasteiger charge is -2.13. The molecule has 0 aliphatic carbocycles. The van der Waals surface area contributed by atoms with Gasteiger partial charge in [-0.1, -0.05) is 0 Å². The first-order valence-electron chi connectivity index (χ1n) is 3.16. The molecule has 0 amide bonds. The molecule has 59 valence electrons. The summed E-state index contributed by atoms with van der Waals surface area (Å²) < 4.78 is 25.6. The molecule has 1 aromatic carbocycles. The van der Waals surface area contributed by atoms with Gasteiger partial charge in [-0.2, -0.15) is 0 Å². The summed E-state index contributed by atoms with van der Waals surface area (Å²) in [5.74, 6) is -1.22. The van der Waals surface area contributed by atoms with Gasteiger partial charge in [-0.05, 0) is 12.1 Å². The minimum absolute atomic E-state index is 0.0486. The average Bonchev–Trinajstić information content (AvgIpc) is 1.85. The fourth-order valence-corrected chi connectivity index (χ4v) is 0.850. The van der Waals surface area contributed by atoms with Gasteiger partial charge >= 0.3 is 0 Å². The topological polar surface area (TPSA) is 3.24 Å². The molecule has 0 aliphatic rings. The Kier molecular flexibility index (Phi) is 2.08. The molecule has 1 rings (SSSR count). The van der Waals surface area contributed by atoms with Gasteiger partial charge in [-0.15, -0.1) is 0 Å². The van der Waals surface area contributed by atoms with Gasteiger partial charge < -0.3 is 4.90 Å². The quantitative estimate of drug-likeness (QED) is 0.599. The highest BCUT2D eigenvalue weighted by Crippen LogP contribution is 2.19. The summed E-state index contributed by atoms with van der Waals surface area (Å²) >= 11 is 0. The first kappa shape index (κ1) is 7.98. The molecule has 1 aromatic rings. The van der Waals surface area contributed by atoms with Crippen LogP contribution in [0.25, 0.3) is 0 Å². The third-order valence-corrected chi connectivity index (χ3v) is 1.32. The SMILES string of the molecule is CN(C)c1c(F)[c]ccc1F. The van der Waals surface area contributed by atoms with Crippen molar-refractivity contribution >= 4 is 5.69 Å². The van der Waals surface area contributed by atoms with E-state index in [-0.39, 0.29) is 5.69 Å². The van der Waals surface area contributed by atoms with Gasteiger partial charge in [0.1, 0.15) is 11.5 Å². The van der Waals surface area contributed by atoms with Gasteiger partial charge in [0.25, 0.3) is 0 Å². The van der Waals surface area contributed by atoms with E-state index in [1.54, 1.807) is 14.1 Å². The minimum Gasteiger partial charge on any atom is -0.373 e. The summed E-state index contributed by atoms with van der Waals surface area (Å²) in [6, 6.07) is 4.67. The van der Waals surface area contributed by atoms with Crippen LogP contribution in [-0.4, -0.2) is 14.1 Å². The Labute approximate surface area is 64.3 Å². The highest BCUT2D eigenvalue weighted by atomic mass is 19.1. The zero-order valence-electron chi connectivity index (χ0n) is 6.36. The van der Waals surface area contributed by atoms with Gasteiger partial charge in [-0.25, -0.2) is 8.78 Å². The normalized spacial score (nSPS) is 9.82. The second-order valence-electron chi connectivity index (χ2n) is 2.38. The van der Waals surface area contributed by atoms with Crippen molar-refractivity contribution in [3.05, 3.63) is 29.8 Å². The first-order valence-corrected chi connectivity index (χ1v) is 3.16. The lowest BCUT2D eigenvalue weighted by molar-refractivity contribution is 0.580. The maximum Gasteiger partial charge on any atom is 0.157 e. The molecule has 1 radical (unpaired) electrons. The van der Waals surface area contributed by atoms with E-state index in [4.69, 9.17) is 0 Å². The van der Waals surface area contributed by atoms with E-state index in [1.807, 2.05) is 0 Å². The van der Waals surface area contributed by atoms with E-state index in [9.17, 15) is 8.78 Å². The number of hydrogen-bond donors (Lipinski definition) is 0. The monoisotopic (exact) mass is 156 g/mol. The maximum absolute atomic E-state index is 12.8. The molecular formula is C8H8F2N. The summed E-state index contributed by atoms with van der Waals surface area (Å²) in [5, 5.41) is 0. The van der Waals surface area contributed by atoms with Crippen LogP contribution >= 0.6 is 0 Å². The maximum atomic E-state index is 12.8. The Bertz CT molecular complexity index is 238. The molecule has 0 saturated heterocycles. The number of benzene rings is 1. The van der Waals surface area contributed by atoms with Gasteiger partial charge in [0.2, 0.25) is 0 Å². The van der Waals surface area contributed by atoms with Crippen molar-refractivity contribution < 1.29 is 8.78 Å². The highest BCUT2D eigenvalue weighted by Gasteiger charge is 2.08. The molecule has 1 nitrogen and oxygen atoms in total. The van der Waals surface area contributed by atoms with E-state index in [2.05, 4.69) is 6.07 Å². The third-order valence-electron chi connectivity index (χ3n) is 1.32. The molecule has 0 aliphatic heterocycles. The molecule has 3 heteroatoms. The Balaban J connectivity index is 3.21. The molecule has 0 N–H and O–H groups in total. The molecule has 0 atom stereocenters. The molecule has 0 unspecified atom stereocenters. The van der Waals surface area contributed by atoms with Crippen molar-refractivity contribution in [3.63, 3.8) is 0 Å². The zero-order chi connectivity index (χ0) is 8.43. The lowest BCUT2D eigenvalue weighted by atomic mass is 10.3. The molecule has 0 spiro atoms. The molecule has 0 saturated carbocycles. The Morgan fingerprint density at radius 3 is 2.36 bits per heavy atom. The minimum atomic E-state index is -0.657. The van der Waals surface area contributed by atoms with Crippen LogP contribution in [0.15, 0.2) is 12.1 Å².